The van der Waals surface area contributed by atoms with E-state index in [0.717, 1.165) is 16.7 Å². The van der Waals surface area contributed by atoms with Gasteiger partial charge >= 0.3 is 12.1 Å². The van der Waals surface area contributed by atoms with Crippen molar-refractivity contribution in [3.63, 3.8) is 0 Å². The fraction of sp³-hybridized carbons (Fsp3) is 0.381. The molecule has 3 aromatic rings. The highest BCUT2D eigenvalue weighted by atomic mass is 16.5. The predicted octanol–water partition coefficient (Wildman–Crippen LogP) is 5.85. The number of esters is 1. The van der Waals surface area contributed by atoms with E-state index in [2.05, 4.69) is 29.1 Å². The van der Waals surface area contributed by atoms with Crippen LogP contribution in [0.5, 0.6) is 0 Å². The lowest BCUT2D eigenvalue weighted by atomic mass is 9.96. The van der Waals surface area contributed by atoms with Gasteiger partial charge in [0.1, 0.15) is 13.2 Å². The second-order valence-corrected chi connectivity index (χ2v) is 12.8. The van der Waals surface area contributed by atoms with E-state index in [1.165, 1.54) is 0 Å². The molecule has 3 aromatic carbocycles. The molecule has 52 heavy (non-hydrogen) atoms. The van der Waals surface area contributed by atoms with Crippen molar-refractivity contribution in [2.75, 3.05) is 19.8 Å². The van der Waals surface area contributed by atoms with Crippen LogP contribution < -0.4 is 16.0 Å². The number of benzene rings is 3. The number of amides is 3. The molecule has 278 valence electrons. The second-order valence-electron chi connectivity index (χ2n) is 12.8. The second kappa shape index (κ2) is 24.1. The predicted molar refractivity (Wildman–Crippen MR) is 202 cm³/mol. The van der Waals surface area contributed by atoms with Gasteiger partial charge in [0, 0.05) is 13.0 Å². The lowest BCUT2D eigenvalue weighted by molar-refractivity contribution is -0.150. The van der Waals surface area contributed by atoms with E-state index in [4.69, 9.17) is 9.47 Å². The van der Waals surface area contributed by atoms with Gasteiger partial charge in [0.05, 0.1) is 30.5 Å². The van der Waals surface area contributed by atoms with Gasteiger partial charge in [-0.05, 0) is 61.6 Å². The lowest BCUT2D eigenvalue weighted by Gasteiger charge is -2.24. The molecule has 0 aromatic heterocycles. The molecular weight excluding hydrogens is 658 g/mol. The van der Waals surface area contributed by atoms with Crippen molar-refractivity contribution in [1.82, 2.24) is 16.0 Å². The van der Waals surface area contributed by atoms with Gasteiger partial charge in [-0.25, -0.2) is 4.79 Å². The highest BCUT2D eigenvalue weighted by Crippen LogP contribution is 2.17. The van der Waals surface area contributed by atoms with E-state index in [1.54, 1.807) is 12.2 Å². The van der Waals surface area contributed by atoms with Crippen LogP contribution in [0.1, 0.15) is 55.2 Å². The summed E-state index contributed by atoms with van der Waals surface area (Å²) in [7, 11) is 0. The number of carbonyl (C=O) groups excluding carboxylic acids is 4. The first-order valence-corrected chi connectivity index (χ1v) is 17.9. The van der Waals surface area contributed by atoms with Crippen LogP contribution in [0.3, 0.4) is 0 Å². The molecule has 0 bridgehead atoms. The van der Waals surface area contributed by atoms with Crippen molar-refractivity contribution < 1.29 is 33.8 Å². The Balaban J connectivity index is 1.58. The monoisotopic (exact) mass is 711 g/mol. The van der Waals surface area contributed by atoms with Crippen LogP contribution in [0.4, 0.5) is 4.79 Å². The molecule has 10 nitrogen and oxygen atoms in total. The molecule has 0 aliphatic rings. The zero-order chi connectivity index (χ0) is 37.4. The minimum atomic E-state index is -0.723. The Kier molecular flexibility index (Phi) is 19.1. The van der Waals surface area contributed by atoms with E-state index < -0.39 is 30.0 Å². The first-order valence-electron chi connectivity index (χ1n) is 17.9. The molecule has 4 atom stereocenters. The number of nitrogens with one attached hydrogen (secondary N) is 3. The maximum Gasteiger partial charge on any atom is 0.407 e. The summed E-state index contributed by atoms with van der Waals surface area (Å²) in [6.07, 6.45) is 5.94. The van der Waals surface area contributed by atoms with Crippen LogP contribution in [0, 0.1) is 11.8 Å². The van der Waals surface area contributed by atoms with Gasteiger partial charge in [-0.15, -0.1) is 13.2 Å². The molecule has 4 N–H and O–H groups in total. The third kappa shape index (κ3) is 16.2. The summed E-state index contributed by atoms with van der Waals surface area (Å²) in [6, 6.07) is 27.5. The van der Waals surface area contributed by atoms with E-state index in [0.29, 0.717) is 45.1 Å². The number of allylic oxidation sites excluding steroid dienone is 2. The topological polar surface area (TPSA) is 143 Å². The fourth-order valence-corrected chi connectivity index (χ4v) is 5.71. The average molecular weight is 712 g/mol. The van der Waals surface area contributed by atoms with Crippen molar-refractivity contribution in [2.45, 2.75) is 70.1 Å². The highest BCUT2D eigenvalue weighted by Gasteiger charge is 2.26. The third-order valence-electron chi connectivity index (χ3n) is 8.51. The van der Waals surface area contributed by atoms with Gasteiger partial charge in [0.25, 0.3) is 0 Å². The van der Waals surface area contributed by atoms with Crippen molar-refractivity contribution in [3.05, 3.63) is 133 Å². The van der Waals surface area contributed by atoms with Crippen LogP contribution in [0.15, 0.2) is 116 Å². The number of rotatable bonds is 24. The number of ether oxygens (including phenoxy) is 2. The molecule has 0 saturated carbocycles. The summed E-state index contributed by atoms with van der Waals surface area (Å²) < 4.78 is 11.1. The summed E-state index contributed by atoms with van der Waals surface area (Å²) in [6.45, 7) is 7.80. The number of alkyl carbamates (subject to hydrolysis) is 1. The number of hydrogen-bond acceptors (Lipinski definition) is 7. The van der Waals surface area contributed by atoms with E-state index in [1.807, 2.05) is 91.0 Å². The molecule has 3 amide bonds. The Bertz CT molecular complexity index is 1520. The van der Waals surface area contributed by atoms with Crippen LogP contribution in [-0.4, -0.2) is 60.8 Å². The zero-order valence-electron chi connectivity index (χ0n) is 29.9. The average Bonchev–Trinajstić information content (AvgIpc) is 3.16. The Hall–Kier alpha value is -5.22. The minimum absolute atomic E-state index is 0.0593. The molecule has 0 aliphatic carbocycles. The van der Waals surface area contributed by atoms with Gasteiger partial charge < -0.3 is 30.5 Å². The van der Waals surface area contributed by atoms with Crippen LogP contribution in [0.2, 0.25) is 0 Å². The maximum atomic E-state index is 13.6. The van der Waals surface area contributed by atoms with Gasteiger partial charge in [-0.2, -0.15) is 0 Å². The number of aliphatic hydroxyl groups excluding tert-OH is 1. The number of hydrogen-bond donors (Lipinski definition) is 4. The molecule has 3 rings (SSSR count). The Labute approximate surface area is 307 Å². The normalized spacial score (nSPS) is 13.0. The number of carbonyl (C=O) groups is 4. The first kappa shape index (κ1) is 41.2. The molecular formula is C42H53N3O7. The van der Waals surface area contributed by atoms with Gasteiger partial charge in [0.15, 0.2) is 0 Å². The highest BCUT2D eigenvalue weighted by molar-refractivity contribution is 5.86. The number of aliphatic hydroxyl groups is 1. The van der Waals surface area contributed by atoms with Gasteiger partial charge in [0.2, 0.25) is 11.8 Å². The van der Waals surface area contributed by atoms with Crippen molar-refractivity contribution in [3.8, 4) is 0 Å². The lowest BCUT2D eigenvalue weighted by Crippen LogP contribution is -2.45. The van der Waals surface area contributed by atoms with Crippen LogP contribution in [-0.2, 0) is 43.3 Å². The smallest absolute Gasteiger partial charge is 0.407 e. The van der Waals surface area contributed by atoms with E-state index in [-0.39, 0.29) is 50.4 Å². The van der Waals surface area contributed by atoms with Crippen molar-refractivity contribution >= 4 is 23.9 Å². The van der Waals surface area contributed by atoms with E-state index in [9.17, 15) is 24.3 Å². The molecule has 0 fully saturated rings. The third-order valence-corrected chi connectivity index (χ3v) is 8.51. The van der Waals surface area contributed by atoms with Crippen LogP contribution in [0.25, 0.3) is 0 Å². The van der Waals surface area contributed by atoms with Crippen LogP contribution >= 0.6 is 0 Å². The molecule has 0 spiro atoms. The van der Waals surface area contributed by atoms with Gasteiger partial charge in [-0.1, -0.05) is 103 Å². The largest absolute Gasteiger partial charge is 0.463 e. The number of unbranched alkanes of at least 4 members (excludes halogenated alkanes) is 1. The molecule has 10 heteroatoms. The molecule has 0 aliphatic heterocycles. The van der Waals surface area contributed by atoms with Crippen molar-refractivity contribution in [2.24, 2.45) is 11.8 Å². The Morgan fingerprint density at radius 3 is 1.87 bits per heavy atom. The first-order chi connectivity index (χ1) is 25.3. The maximum absolute atomic E-state index is 13.6. The summed E-state index contributed by atoms with van der Waals surface area (Å²) in [5.41, 5.74) is 2.86. The summed E-state index contributed by atoms with van der Waals surface area (Å²) >= 11 is 0. The Morgan fingerprint density at radius 2 is 1.27 bits per heavy atom. The van der Waals surface area contributed by atoms with Crippen molar-refractivity contribution in [1.29, 1.82) is 0 Å². The molecule has 0 radical (unpaired) electrons. The minimum Gasteiger partial charge on any atom is -0.463 e. The SMILES string of the molecule is C=CC[C@H](CC(=O)N[C@H](CO)Cc1ccccc1)C(=O)N[C@@H](CCCCNC(=O)OCc1ccccc1)COC(=O)[C@H](CC=C)Cc1ccccc1. The van der Waals surface area contributed by atoms with Gasteiger partial charge in [-0.3, -0.25) is 14.4 Å². The molecule has 0 saturated heterocycles. The van der Waals surface area contributed by atoms with E-state index >= 15 is 0 Å². The molecule has 0 heterocycles. The standard InChI is InChI=1S/C42H53N3O7/c1-3-16-35(28-39(47)44-38(29-46)27-33-20-10-6-11-21-33)40(48)45-37(24-14-15-25-43-42(50)52-30-34-22-12-7-13-23-34)31-51-41(49)36(17-4-2)26-32-18-8-5-9-19-32/h3-13,18-23,35-38,46H,1-2,14-17,24-31H2,(H,43,50)(H,44,47)(H,45,48)/t35-,36-,37+,38+/m1/s1. The molecule has 0 unspecified atom stereocenters. The quantitative estimate of drug-likeness (QED) is 0.0519. The Morgan fingerprint density at radius 1 is 0.692 bits per heavy atom. The summed E-state index contributed by atoms with van der Waals surface area (Å²) in [4.78, 5) is 52.1. The zero-order valence-corrected chi connectivity index (χ0v) is 29.9. The summed E-state index contributed by atoms with van der Waals surface area (Å²) in [5.74, 6) is -2.27. The fourth-order valence-electron chi connectivity index (χ4n) is 5.71. The summed E-state index contributed by atoms with van der Waals surface area (Å²) in [5, 5.41) is 18.5.